The van der Waals surface area contributed by atoms with Crippen LogP contribution >= 0.6 is 0 Å². The van der Waals surface area contributed by atoms with Gasteiger partial charge in [0, 0.05) is 18.5 Å². The Balaban J connectivity index is 1.97. The topological polar surface area (TPSA) is 81.3 Å². The van der Waals surface area contributed by atoms with Gasteiger partial charge in [-0.1, -0.05) is 20.8 Å². The average molecular weight is 280 g/mol. The van der Waals surface area contributed by atoms with Gasteiger partial charge in [-0.2, -0.15) is 5.10 Å². The lowest BCUT2D eigenvalue weighted by Gasteiger charge is -2.35. The summed E-state index contributed by atoms with van der Waals surface area (Å²) in [5.74, 6) is 0.155. The van der Waals surface area contributed by atoms with Crippen LogP contribution < -0.4 is 0 Å². The monoisotopic (exact) mass is 280 g/mol. The smallest absolute Gasteiger partial charge is 0.307 e. The fraction of sp³-hybridized carbons (Fsp3) is 0.692. The number of aromatic nitrogens is 2. The number of likely N-dealkylation sites (tertiary alicyclic amines) is 1. The van der Waals surface area contributed by atoms with Crippen LogP contribution in [-0.2, 0) is 4.79 Å². The molecule has 1 saturated heterocycles. The number of nitro groups is 1. The first-order chi connectivity index (χ1) is 9.29. The zero-order chi connectivity index (χ0) is 14.9. The van der Waals surface area contributed by atoms with E-state index >= 15 is 0 Å². The molecule has 1 fully saturated rings. The predicted molar refractivity (Wildman–Crippen MR) is 73.2 cm³/mol. The lowest BCUT2D eigenvalue weighted by molar-refractivity contribution is -0.385. The second kappa shape index (κ2) is 5.22. The molecule has 7 nitrogen and oxygen atoms in total. The zero-order valence-electron chi connectivity index (χ0n) is 12.1. The lowest BCUT2D eigenvalue weighted by atomic mass is 9.93. The van der Waals surface area contributed by atoms with Gasteiger partial charge in [0.1, 0.15) is 12.4 Å². The van der Waals surface area contributed by atoms with E-state index < -0.39 is 4.92 Å². The summed E-state index contributed by atoms with van der Waals surface area (Å²) in [7, 11) is 0. The molecule has 2 heterocycles. The molecule has 0 unspecified atom stereocenters. The summed E-state index contributed by atoms with van der Waals surface area (Å²) in [6.45, 7) is 7.09. The fourth-order valence-corrected chi connectivity index (χ4v) is 2.43. The molecule has 110 valence electrons. The van der Waals surface area contributed by atoms with Crippen LogP contribution in [0.4, 0.5) is 5.69 Å². The third kappa shape index (κ3) is 2.97. The van der Waals surface area contributed by atoms with Crippen LogP contribution in [0.5, 0.6) is 0 Å². The molecule has 2 rings (SSSR count). The van der Waals surface area contributed by atoms with Gasteiger partial charge < -0.3 is 4.90 Å². The average Bonchev–Trinajstić information content (AvgIpc) is 2.86. The minimum atomic E-state index is -0.443. The first-order valence-corrected chi connectivity index (χ1v) is 6.77. The van der Waals surface area contributed by atoms with E-state index in [9.17, 15) is 14.9 Å². The second-order valence-corrected chi connectivity index (χ2v) is 6.21. The molecular formula is C13H20N4O3. The third-order valence-electron chi connectivity index (χ3n) is 3.57. The van der Waals surface area contributed by atoms with E-state index in [1.807, 2.05) is 25.7 Å². The highest BCUT2D eigenvalue weighted by Gasteiger charge is 2.31. The summed E-state index contributed by atoms with van der Waals surface area (Å²) < 4.78 is 1.65. The number of hydrogen-bond acceptors (Lipinski definition) is 4. The molecule has 1 aromatic rings. The van der Waals surface area contributed by atoms with Gasteiger partial charge in [0.25, 0.3) is 0 Å². The summed E-state index contributed by atoms with van der Waals surface area (Å²) in [6, 6.07) is 0.132. The van der Waals surface area contributed by atoms with Crippen molar-refractivity contribution in [3.8, 4) is 0 Å². The van der Waals surface area contributed by atoms with Crippen LogP contribution in [0.3, 0.4) is 0 Å². The Kier molecular flexibility index (Phi) is 3.78. The highest BCUT2D eigenvalue weighted by atomic mass is 16.6. The molecule has 1 amide bonds. The van der Waals surface area contributed by atoms with Gasteiger partial charge in [-0.15, -0.1) is 0 Å². The molecule has 0 saturated carbocycles. The molecule has 20 heavy (non-hydrogen) atoms. The van der Waals surface area contributed by atoms with E-state index in [-0.39, 0.29) is 23.1 Å². The highest BCUT2D eigenvalue weighted by molar-refractivity contribution is 5.81. The van der Waals surface area contributed by atoms with E-state index in [1.165, 1.54) is 12.4 Å². The number of piperidine rings is 1. The van der Waals surface area contributed by atoms with Crippen molar-refractivity contribution in [3.05, 3.63) is 22.5 Å². The Morgan fingerprint density at radius 2 is 2.00 bits per heavy atom. The highest BCUT2D eigenvalue weighted by Crippen LogP contribution is 2.26. The van der Waals surface area contributed by atoms with Crippen LogP contribution in [0.15, 0.2) is 12.4 Å². The number of carbonyl (C=O) groups excluding carboxylic acids is 1. The largest absolute Gasteiger partial charge is 0.342 e. The Bertz CT molecular complexity index is 510. The van der Waals surface area contributed by atoms with Crippen molar-refractivity contribution >= 4 is 11.6 Å². The summed E-state index contributed by atoms with van der Waals surface area (Å²) in [6.07, 6.45) is 4.29. The van der Waals surface area contributed by atoms with Crippen molar-refractivity contribution in [2.45, 2.75) is 39.7 Å². The van der Waals surface area contributed by atoms with Crippen molar-refractivity contribution in [1.82, 2.24) is 14.7 Å². The quantitative estimate of drug-likeness (QED) is 0.613. The minimum absolute atomic E-state index is 0.0122. The maximum atomic E-state index is 12.2. The Morgan fingerprint density at radius 1 is 1.40 bits per heavy atom. The molecule has 0 spiro atoms. The van der Waals surface area contributed by atoms with Crippen molar-refractivity contribution in [2.75, 3.05) is 13.1 Å². The number of hydrogen-bond donors (Lipinski definition) is 0. The Hall–Kier alpha value is -1.92. The van der Waals surface area contributed by atoms with Gasteiger partial charge in [-0.3, -0.25) is 19.6 Å². The van der Waals surface area contributed by atoms with Crippen molar-refractivity contribution in [2.24, 2.45) is 5.41 Å². The first-order valence-electron chi connectivity index (χ1n) is 6.77. The number of amides is 1. The van der Waals surface area contributed by atoms with E-state index in [2.05, 4.69) is 5.10 Å². The molecule has 1 aliphatic heterocycles. The van der Waals surface area contributed by atoms with E-state index in [1.54, 1.807) is 4.68 Å². The lowest BCUT2D eigenvalue weighted by Crippen LogP contribution is -2.44. The van der Waals surface area contributed by atoms with Crippen LogP contribution in [-0.4, -0.2) is 38.6 Å². The molecule has 1 aromatic heterocycles. The zero-order valence-corrected chi connectivity index (χ0v) is 12.1. The standard InChI is InChI=1S/C13H20N4O3/c1-13(2,3)12(18)15-6-4-10(5-7-15)16-9-11(8-14-16)17(19)20/h8-10H,4-7H2,1-3H3. The third-order valence-corrected chi connectivity index (χ3v) is 3.57. The molecule has 0 aliphatic carbocycles. The summed E-state index contributed by atoms with van der Waals surface area (Å²) in [5, 5.41) is 14.7. The SMILES string of the molecule is CC(C)(C)C(=O)N1CCC(n2cc([N+](=O)[O-])cn2)CC1. The van der Waals surface area contributed by atoms with E-state index in [0.29, 0.717) is 13.1 Å². The Labute approximate surface area is 117 Å². The molecule has 1 aliphatic rings. The van der Waals surface area contributed by atoms with Gasteiger partial charge in [0.2, 0.25) is 5.91 Å². The molecule has 7 heteroatoms. The van der Waals surface area contributed by atoms with Gasteiger partial charge in [0.05, 0.1) is 11.0 Å². The minimum Gasteiger partial charge on any atom is -0.342 e. The van der Waals surface area contributed by atoms with Crippen LogP contribution in [0.2, 0.25) is 0 Å². The molecule has 0 N–H and O–H groups in total. The number of rotatable bonds is 2. The van der Waals surface area contributed by atoms with Crippen LogP contribution in [0.25, 0.3) is 0 Å². The van der Waals surface area contributed by atoms with E-state index in [0.717, 1.165) is 12.8 Å². The summed E-state index contributed by atoms with van der Waals surface area (Å²) >= 11 is 0. The van der Waals surface area contributed by atoms with Gasteiger partial charge in [-0.25, -0.2) is 0 Å². The maximum Gasteiger partial charge on any atom is 0.307 e. The maximum absolute atomic E-state index is 12.2. The molecule has 0 aromatic carbocycles. The van der Waals surface area contributed by atoms with Crippen molar-refractivity contribution in [3.63, 3.8) is 0 Å². The van der Waals surface area contributed by atoms with Crippen molar-refractivity contribution in [1.29, 1.82) is 0 Å². The van der Waals surface area contributed by atoms with Gasteiger partial charge in [0.15, 0.2) is 0 Å². The summed E-state index contributed by atoms with van der Waals surface area (Å²) in [4.78, 5) is 24.2. The number of carbonyl (C=O) groups is 1. The molecule has 0 radical (unpaired) electrons. The predicted octanol–water partition coefficient (Wildman–Crippen LogP) is 2.00. The van der Waals surface area contributed by atoms with Gasteiger partial charge >= 0.3 is 5.69 Å². The molecular weight excluding hydrogens is 260 g/mol. The molecule has 0 bridgehead atoms. The van der Waals surface area contributed by atoms with Gasteiger partial charge in [-0.05, 0) is 12.8 Å². The normalized spacial score (nSPS) is 17.2. The van der Waals surface area contributed by atoms with Crippen molar-refractivity contribution < 1.29 is 9.72 Å². The first kappa shape index (κ1) is 14.5. The van der Waals surface area contributed by atoms with Crippen LogP contribution in [0.1, 0.15) is 39.7 Å². The van der Waals surface area contributed by atoms with Crippen LogP contribution in [0, 0.1) is 15.5 Å². The fourth-order valence-electron chi connectivity index (χ4n) is 2.43. The second-order valence-electron chi connectivity index (χ2n) is 6.21. The Morgan fingerprint density at radius 3 is 2.45 bits per heavy atom. The van der Waals surface area contributed by atoms with E-state index in [4.69, 9.17) is 0 Å². The molecule has 0 atom stereocenters. The number of nitrogens with zero attached hydrogens (tertiary/aromatic N) is 4. The summed E-state index contributed by atoms with van der Waals surface area (Å²) in [5.41, 5.74) is -0.352.